The zero-order valence-corrected chi connectivity index (χ0v) is 21.1. The van der Waals surface area contributed by atoms with Crippen LogP contribution in [0.4, 0.5) is 5.69 Å². The van der Waals surface area contributed by atoms with E-state index in [2.05, 4.69) is 21.7 Å². The SMILES string of the molecule is CC(=O)N1CCC(Nc2ccc3c(c2)C(=O)N(CC(O)CN2CCc4sccc4C2)CCO3)CC1. The first-order valence-electron chi connectivity index (χ1n) is 12.5. The van der Waals surface area contributed by atoms with Crippen molar-refractivity contribution in [3.8, 4) is 5.75 Å². The molecule has 9 heteroatoms. The Bertz CT molecular complexity index is 1070. The maximum Gasteiger partial charge on any atom is 0.257 e. The van der Waals surface area contributed by atoms with Gasteiger partial charge in [0.05, 0.1) is 18.2 Å². The molecule has 3 aliphatic heterocycles. The molecule has 2 aromatic rings. The minimum Gasteiger partial charge on any atom is -0.491 e. The lowest BCUT2D eigenvalue weighted by molar-refractivity contribution is -0.129. The predicted molar refractivity (Wildman–Crippen MR) is 136 cm³/mol. The highest BCUT2D eigenvalue weighted by molar-refractivity contribution is 7.10. The fourth-order valence-corrected chi connectivity index (χ4v) is 6.16. The van der Waals surface area contributed by atoms with E-state index in [1.165, 1.54) is 10.4 Å². The number of nitrogens with one attached hydrogen (secondary N) is 1. The first-order valence-corrected chi connectivity index (χ1v) is 13.4. The summed E-state index contributed by atoms with van der Waals surface area (Å²) in [4.78, 5) is 32.3. The summed E-state index contributed by atoms with van der Waals surface area (Å²) in [7, 11) is 0. The second-order valence-corrected chi connectivity index (χ2v) is 10.7. The van der Waals surface area contributed by atoms with E-state index in [0.717, 1.165) is 51.1 Å². The molecule has 1 unspecified atom stereocenters. The van der Waals surface area contributed by atoms with Crippen LogP contribution in [-0.2, 0) is 17.8 Å². The van der Waals surface area contributed by atoms with Crippen molar-refractivity contribution in [3.05, 3.63) is 45.6 Å². The van der Waals surface area contributed by atoms with Gasteiger partial charge in [0.1, 0.15) is 12.4 Å². The van der Waals surface area contributed by atoms with Crippen molar-refractivity contribution in [2.24, 2.45) is 0 Å². The second-order valence-electron chi connectivity index (χ2n) is 9.74. The van der Waals surface area contributed by atoms with Crippen LogP contribution in [0.1, 0.15) is 40.6 Å². The zero-order valence-electron chi connectivity index (χ0n) is 20.2. The molecule has 1 atom stereocenters. The topological polar surface area (TPSA) is 85.4 Å². The molecule has 0 saturated carbocycles. The van der Waals surface area contributed by atoms with E-state index in [1.54, 1.807) is 11.8 Å². The maximum absolute atomic E-state index is 13.4. The average molecular weight is 499 g/mol. The van der Waals surface area contributed by atoms with E-state index in [1.807, 2.05) is 34.4 Å². The molecule has 1 aromatic carbocycles. The largest absolute Gasteiger partial charge is 0.491 e. The van der Waals surface area contributed by atoms with Crippen molar-refractivity contribution in [3.63, 3.8) is 0 Å². The summed E-state index contributed by atoms with van der Waals surface area (Å²) in [5.74, 6) is 0.602. The van der Waals surface area contributed by atoms with Crippen molar-refractivity contribution in [2.75, 3.05) is 51.2 Å². The molecule has 0 radical (unpaired) electrons. The van der Waals surface area contributed by atoms with Crippen LogP contribution in [0.3, 0.4) is 0 Å². The lowest BCUT2D eigenvalue weighted by Crippen LogP contribution is -2.44. The highest BCUT2D eigenvalue weighted by atomic mass is 32.1. The van der Waals surface area contributed by atoms with Gasteiger partial charge in [-0.15, -0.1) is 11.3 Å². The third-order valence-electron chi connectivity index (χ3n) is 7.21. The second kappa shape index (κ2) is 10.6. The number of anilines is 1. The molecular formula is C26H34N4O4S. The lowest BCUT2D eigenvalue weighted by atomic mass is 10.0. The average Bonchev–Trinajstić information content (AvgIpc) is 3.26. The van der Waals surface area contributed by atoms with Gasteiger partial charge < -0.3 is 25.0 Å². The Labute approximate surface area is 210 Å². The van der Waals surface area contributed by atoms with Gasteiger partial charge >= 0.3 is 0 Å². The van der Waals surface area contributed by atoms with Gasteiger partial charge in [0.2, 0.25) is 5.91 Å². The minimum atomic E-state index is -0.617. The quantitative estimate of drug-likeness (QED) is 0.637. The first-order chi connectivity index (χ1) is 17.0. The Kier molecular flexibility index (Phi) is 7.27. The van der Waals surface area contributed by atoms with Crippen LogP contribution < -0.4 is 10.1 Å². The number of benzene rings is 1. The van der Waals surface area contributed by atoms with Gasteiger partial charge in [-0.3, -0.25) is 14.5 Å². The summed E-state index contributed by atoms with van der Waals surface area (Å²) in [6.45, 7) is 6.59. The molecule has 2 N–H and O–H groups in total. The van der Waals surface area contributed by atoms with E-state index >= 15 is 0 Å². The number of thiophene rings is 1. The number of fused-ring (bicyclic) bond motifs is 2. The number of likely N-dealkylation sites (tertiary alicyclic amines) is 1. The fourth-order valence-electron chi connectivity index (χ4n) is 5.27. The molecular weight excluding hydrogens is 464 g/mol. The van der Waals surface area contributed by atoms with Gasteiger partial charge in [-0.1, -0.05) is 0 Å². The van der Waals surface area contributed by atoms with Gasteiger partial charge in [-0.2, -0.15) is 0 Å². The standard InChI is InChI=1S/C26H34N4O4S/c1-18(31)29-9-4-20(5-10-29)27-21-2-3-24-23(14-21)26(33)30(11-12-34-24)17-22(32)16-28-8-6-25-19(15-28)7-13-35-25/h2-3,7,13-14,20,22,27,32H,4-6,8-12,15-17H2,1H3. The lowest BCUT2D eigenvalue weighted by Gasteiger charge is -2.32. The maximum atomic E-state index is 13.4. The Balaban J connectivity index is 1.19. The summed E-state index contributed by atoms with van der Waals surface area (Å²) >= 11 is 1.81. The number of carbonyl (C=O) groups is 2. The van der Waals surface area contributed by atoms with Gasteiger partial charge in [0.25, 0.3) is 5.91 Å². The molecule has 0 aliphatic carbocycles. The number of aliphatic hydroxyl groups is 1. The zero-order chi connectivity index (χ0) is 24.4. The van der Waals surface area contributed by atoms with Crippen LogP contribution in [-0.4, -0.2) is 89.6 Å². The molecule has 188 valence electrons. The van der Waals surface area contributed by atoms with Gasteiger partial charge in [-0.25, -0.2) is 0 Å². The van der Waals surface area contributed by atoms with E-state index in [0.29, 0.717) is 31.0 Å². The predicted octanol–water partition coefficient (Wildman–Crippen LogP) is 2.42. The number of ether oxygens (including phenoxy) is 1. The van der Waals surface area contributed by atoms with Crippen LogP contribution in [0, 0.1) is 0 Å². The Hall–Kier alpha value is -2.62. The molecule has 5 rings (SSSR count). The third-order valence-corrected chi connectivity index (χ3v) is 8.24. The Morgan fingerprint density at radius 3 is 2.83 bits per heavy atom. The van der Waals surface area contributed by atoms with Crippen LogP contribution in [0.5, 0.6) is 5.75 Å². The summed E-state index contributed by atoms with van der Waals surface area (Å²) in [6.07, 6.45) is 2.16. The highest BCUT2D eigenvalue weighted by Gasteiger charge is 2.28. The smallest absolute Gasteiger partial charge is 0.257 e. The molecule has 0 bridgehead atoms. The number of β-amino-alcohol motifs (C(OH)–C–C–N with tert-alkyl or cyclic N) is 1. The molecule has 8 nitrogen and oxygen atoms in total. The van der Waals surface area contributed by atoms with Crippen LogP contribution in [0.2, 0.25) is 0 Å². The molecule has 1 aromatic heterocycles. The molecule has 2 amide bonds. The van der Waals surface area contributed by atoms with Gasteiger partial charge in [0.15, 0.2) is 0 Å². The van der Waals surface area contributed by atoms with Crippen LogP contribution >= 0.6 is 11.3 Å². The molecule has 3 aliphatic rings. The number of aliphatic hydroxyl groups excluding tert-OH is 1. The number of nitrogens with zero attached hydrogens (tertiary/aromatic N) is 3. The Morgan fingerprint density at radius 1 is 1.20 bits per heavy atom. The highest BCUT2D eigenvalue weighted by Crippen LogP contribution is 2.28. The minimum absolute atomic E-state index is 0.106. The summed E-state index contributed by atoms with van der Waals surface area (Å²) < 4.78 is 5.87. The molecule has 1 saturated heterocycles. The van der Waals surface area contributed by atoms with Crippen LogP contribution in [0.15, 0.2) is 29.6 Å². The number of hydrogen-bond donors (Lipinski definition) is 2. The number of amides is 2. The molecule has 1 fully saturated rings. The fraction of sp³-hybridized carbons (Fsp3) is 0.538. The number of piperidine rings is 1. The van der Waals surface area contributed by atoms with Crippen LogP contribution in [0.25, 0.3) is 0 Å². The first kappa shape index (κ1) is 24.1. The van der Waals surface area contributed by atoms with Crippen molar-refractivity contribution in [1.82, 2.24) is 14.7 Å². The number of carbonyl (C=O) groups excluding carboxylic acids is 2. The van der Waals surface area contributed by atoms with E-state index in [-0.39, 0.29) is 24.4 Å². The normalized spacial score (nSPS) is 20.0. The monoisotopic (exact) mass is 498 g/mol. The number of rotatable bonds is 6. The third kappa shape index (κ3) is 5.63. The van der Waals surface area contributed by atoms with Gasteiger partial charge in [0, 0.05) is 62.8 Å². The van der Waals surface area contributed by atoms with E-state index in [9.17, 15) is 14.7 Å². The van der Waals surface area contributed by atoms with Gasteiger partial charge in [-0.05, 0) is 54.5 Å². The molecule has 4 heterocycles. The molecule has 0 spiro atoms. The van der Waals surface area contributed by atoms with Crippen molar-refractivity contribution in [1.29, 1.82) is 0 Å². The Morgan fingerprint density at radius 2 is 2.03 bits per heavy atom. The molecule has 35 heavy (non-hydrogen) atoms. The van der Waals surface area contributed by atoms with Crippen molar-refractivity contribution in [2.45, 2.75) is 44.9 Å². The summed E-state index contributed by atoms with van der Waals surface area (Å²) in [5.41, 5.74) is 2.76. The number of hydrogen-bond acceptors (Lipinski definition) is 7. The summed E-state index contributed by atoms with van der Waals surface area (Å²) in [5, 5.41) is 16.5. The van der Waals surface area contributed by atoms with E-state index in [4.69, 9.17) is 4.74 Å². The van der Waals surface area contributed by atoms with Crippen molar-refractivity contribution >= 4 is 28.8 Å². The van der Waals surface area contributed by atoms with Crippen molar-refractivity contribution < 1.29 is 19.4 Å². The van der Waals surface area contributed by atoms with E-state index < -0.39 is 6.10 Å². The summed E-state index contributed by atoms with van der Waals surface area (Å²) in [6, 6.07) is 8.10.